The third-order valence-electron chi connectivity index (χ3n) is 9.43. The highest BCUT2D eigenvalue weighted by molar-refractivity contribution is 5.95. The first-order valence-corrected chi connectivity index (χ1v) is 17.1. The van der Waals surface area contributed by atoms with E-state index in [2.05, 4.69) is 54.8 Å². The summed E-state index contributed by atoms with van der Waals surface area (Å²) in [6.07, 6.45) is 4.55. The fraction of sp³-hybridized carbons (Fsp3) is 0.405. The van der Waals surface area contributed by atoms with E-state index >= 15 is 0 Å². The Hall–Kier alpha value is -5.46. The Morgan fingerprint density at radius 2 is 1.50 bits per heavy atom. The van der Waals surface area contributed by atoms with Gasteiger partial charge in [0.05, 0.1) is 43.5 Å². The van der Waals surface area contributed by atoms with Crippen molar-refractivity contribution in [1.82, 2.24) is 40.4 Å². The van der Waals surface area contributed by atoms with Crippen molar-refractivity contribution >= 4 is 23.8 Å². The molecule has 0 aliphatic carbocycles. The van der Waals surface area contributed by atoms with Crippen LogP contribution in [0.4, 0.5) is 4.79 Å². The normalized spacial score (nSPS) is 18.5. The number of H-pyrrole nitrogens is 2. The van der Waals surface area contributed by atoms with Gasteiger partial charge in [-0.15, -0.1) is 0 Å². The smallest absolute Gasteiger partial charge is 0.407 e. The van der Waals surface area contributed by atoms with Crippen molar-refractivity contribution in [2.24, 2.45) is 11.8 Å². The van der Waals surface area contributed by atoms with Crippen molar-refractivity contribution in [3.05, 3.63) is 72.6 Å². The summed E-state index contributed by atoms with van der Waals surface area (Å²) in [6, 6.07) is 14.9. The topological polar surface area (TPSA) is 165 Å². The van der Waals surface area contributed by atoms with Gasteiger partial charge in [0.2, 0.25) is 17.7 Å². The molecule has 4 aromatic rings. The average Bonchev–Trinajstić information content (AvgIpc) is 3.90. The number of carbonyl (C=O) groups is 4. The van der Waals surface area contributed by atoms with Gasteiger partial charge < -0.3 is 35.1 Å². The first-order valence-electron chi connectivity index (χ1n) is 17.1. The van der Waals surface area contributed by atoms with Crippen LogP contribution in [0.2, 0.25) is 0 Å². The zero-order valence-corrected chi connectivity index (χ0v) is 29.0. The van der Waals surface area contributed by atoms with Crippen LogP contribution in [0.3, 0.4) is 0 Å². The molecule has 13 heteroatoms. The van der Waals surface area contributed by atoms with Crippen LogP contribution in [0.25, 0.3) is 33.6 Å². The second-order valence-corrected chi connectivity index (χ2v) is 13.6. The summed E-state index contributed by atoms with van der Waals surface area (Å²) in [7, 11) is 1.29. The van der Waals surface area contributed by atoms with Gasteiger partial charge in [0.25, 0.3) is 0 Å². The number of nitrogens with one attached hydrogen (secondary N) is 4. The molecular weight excluding hydrogens is 636 g/mol. The van der Waals surface area contributed by atoms with Gasteiger partial charge in [-0.2, -0.15) is 0 Å². The number of likely N-dealkylation sites (tertiary alicyclic amines) is 1. The number of alkyl carbamates (subject to hydrolysis) is 1. The predicted molar refractivity (Wildman–Crippen MR) is 187 cm³/mol. The Morgan fingerprint density at radius 3 is 2.10 bits per heavy atom. The van der Waals surface area contributed by atoms with E-state index in [1.807, 2.05) is 52.0 Å². The highest BCUT2D eigenvalue weighted by atomic mass is 16.5. The molecule has 1 unspecified atom stereocenters. The van der Waals surface area contributed by atoms with E-state index in [1.54, 1.807) is 22.2 Å². The van der Waals surface area contributed by atoms with Crippen molar-refractivity contribution in [3.8, 4) is 33.6 Å². The molecule has 2 saturated heterocycles. The van der Waals surface area contributed by atoms with E-state index in [0.717, 1.165) is 52.3 Å². The number of piperazine rings is 1. The maximum absolute atomic E-state index is 13.5. The molecule has 2 aromatic heterocycles. The minimum Gasteiger partial charge on any atom is -0.453 e. The zero-order chi connectivity index (χ0) is 35.5. The monoisotopic (exact) mass is 680 g/mol. The number of methoxy groups -OCH3 is 1. The minimum absolute atomic E-state index is 0.00365. The molecule has 4 heterocycles. The number of rotatable bonds is 10. The van der Waals surface area contributed by atoms with Crippen LogP contribution in [0.15, 0.2) is 60.9 Å². The second-order valence-electron chi connectivity index (χ2n) is 13.6. The number of amides is 4. The van der Waals surface area contributed by atoms with Gasteiger partial charge in [-0.05, 0) is 46.9 Å². The molecule has 13 nitrogen and oxygen atoms in total. The van der Waals surface area contributed by atoms with E-state index in [0.29, 0.717) is 12.4 Å². The SMILES string of the molecule is COC(=O)N[C@H](C(=O)N1CCC[C@H]1c1ncc(-c2ccc(-c3ccc(-c4cnc(CN5CC(=O)NC(C(C)C)C5=O)[nH]4)cc3)cc2)[nH]1)C(C)C. The highest BCUT2D eigenvalue weighted by Gasteiger charge is 2.38. The summed E-state index contributed by atoms with van der Waals surface area (Å²) in [5.74, 6) is 0.845. The Labute approximate surface area is 291 Å². The van der Waals surface area contributed by atoms with E-state index in [1.165, 1.54) is 7.11 Å². The van der Waals surface area contributed by atoms with E-state index in [4.69, 9.17) is 4.74 Å². The van der Waals surface area contributed by atoms with E-state index < -0.39 is 18.2 Å². The fourth-order valence-electron chi connectivity index (χ4n) is 6.61. The maximum atomic E-state index is 13.5. The van der Waals surface area contributed by atoms with Gasteiger partial charge in [0.15, 0.2) is 0 Å². The van der Waals surface area contributed by atoms with Crippen molar-refractivity contribution in [2.45, 2.75) is 65.2 Å². The fourth-order valence-corrected chi connectivity index (χ4v) is 6.61. The lowest BCUT2D eigenvalue weighted by atomic mass is 10.0. The lowest BCUT2D eigenvalue weighted by Crippen LogP contribution is -2.59. The number of imidazole rings is 2. The van der Waals surface area contributed by atoms with E-state index in [-0.39, 0.29) is 48.7 Å². The molecule has 6 rings (SSSR count). The molecule has 2 fully saturated rings. The Bertz CT molecular complexity index is 1850. The summed E-state index contributed by atoms with van der Waals surface area (Å²) in [5, 5.41) is 5.47. The second kappa shape index (κ2) is 14.6. The van der Waals surface area contributed by atoms with Crippen LogP contribution in [0, 0.1) is 11.8 Å². The molecule has 0 spiro atoms. The van der Waals surface area contributed by atoms with Crippen molar-refractivity contribution in [1.29, 1.82) is 0 Å². The number of aromatic nitrogens is 4. The number of nitrogens with zero attached hydrogens (tertiary/aromatic N) is 4. The molecule has 4 N–H and O–H groups in total. The molecule has 3 atom stereocenters. The standard InChI is InChI=1S/C37H44N8O5/c1-21(2)32-35(47)44(20-31(46)42-32)19-30-38-17-27(40-30)25-12-8-23(9-13-25)24-10-14-26(15-11-24)28-18-39-34(41-28)29-7-6-16-45(29)36(48)33(22(3)4)43-37(49)50-5/h8-15,17-18,21-22,29,32-33H,6-7,16,19-20H2,1-5H3,(H,38,40)(H,39,41)(H,42,46)(H,43,49)/t29-,32?,33-/m0/s1. The van der Waals surface area contributed by atoms with E-state index in [9.17, 15) is 19.2 Å². The van der Waals surface area contributed by atoms with Crippen LogP contribution >= 0.6 is 0 Å². The number of hydrogen-bond acceptors (Lipinski definition) is 7. The molecule has 50 heavy (non-hydrogen) atoms. The van der Waals surface area contributed by atoms with Gasteiger partial charge in [0.1, 0.15) is 30.3 Å². The van der Waals surface area contributed by atoms with Crippen molar-refractivity contribution in [3.63, 3.8) is 0 Å². The molecule has 2 aliphatic rings. The minimum atomic E-state index is -0.684. The van der Waals surface area contributed by atoms with Crippen LogP contribution in [-0.2, 0) is 25.7 Å². The van der Waals surface area contributed by atoms with Crippen molar-refractivity contribution < 1.29 is 23.9 Å². The number of carbonyl (C=O) groups excluding carboxylic acids is 4. The van der Waals surface area contributed by atoms with Gasteiger partial charge in [-0.3, -0.25) is 14.4 Å². The number of aromatic amines is 2. The molecule has 4 amide bonds. The van der Waals surface area contributed by atoms with Gasteiger partial charge >= 0.3 is 6.09 Å². The predicted octanol–water partition coefficient (Wildman–Crippen LogP) is 4.66. The lowest BCUT2D eigenvalue weighted by Gasteiger charge is -2.33. The van der Waals surface area contributed by atoms with Gasteiger partial charge in [0, 0.05) is 6.54 Å². The summed E-state index contributed by atoms with van der Waals surface area (Å²) in [5.41, 5.74) is 5.72. The molecule has 2 aliphatic heterocycles. The molecule has 0 bridgehead atoms. The van der Waals surface area contributed by atoms with Gasteiger partial charge in [-0.25, -0.2) is 14.8 Å². The highest BCUT2D eigenvalue weighted by Crippen LogP contribution is 2.33. The molecule has 2 aromatic carbocycles. The number of benzene rings is 2. The number of ether oxygens (including phenoxy) is 1. The molecule has 262 valence electrons. The van der Waals surface area contributed by atoms with Crippen LogP contribution in [-0.4, -0.2) is 85.8 Å². The Kier molecular flexibility index (Phi) is 10.0. The third-order valence-corrected chi connectivity index (χ3v) is 9.43. The quantitative estimate of drug-likeness (QED) is 0.189. The first kappa shape index (κ1) is 34.4. The maximum Gasteiger partial charge on any atom is 0.407 e. The van der Waals surface area contributed by atoms with Crippen LogP contribution in [0.1, 0.15) is 58.2 Å². The third kappa shape index (κ3) is 7.26. The Morgan fingerprint density at radius 1 is 0.900 bits per heavy atom. The Balaban J connectivity index is 1.10. The molecule has 0 saturated carbocycles. The average molecular weight is 681 g/mol. The summed E-state index contributed by atoms with van der Waals surface area (Å²) >= 11 is 0. The molecular formula is C37H44N8O5. The first-order chi connectivity index (χ1) is 24.0. The largest absolute Gasteiger partial charge is 0.453 e. The summed E-state index contributed by atoms with van der Waals surface area (Å²) in [4.78, 5) is 69.6. The van der Waals surface area contributed by atoms with Crippen LogP contribution < -0.4 is 10.6 Å². The number of hydrogen-bond donors (Lipinski definition) is 4. The van der Waals surface area contributed by atoms with Crippen LogP contribution in [0.5, 0.6) is 0 Å². The summed E-state index contributed by atoms with van der Waals surface area (Å²) < 4.78 is 4.74. The molecule has 0 radical (unpaired) electrons. The summed E-state index contributed by atoms with van der Waals surface area (Å²) in [6.45, 7) is 8.48. The zero-order valence-electron chi connectivity index (χ0n) is 29.0. The van der Waals surface area contributed by atoms with Crippen molar-refractivity contribution in [2.75, 3.05) is 20.2 Å². The van der Waals surface area contributed by atoms with Gasteiger partial charge in [-0.1, -0.05) is 76.2 Å². The lowest BCUT2D eigenvalue weighted by molar-refractivity contribution is -0.146.